The van der Waals surface area contributed by atoms with Gasteiger partial charge in [-0.05, 0) is 44.5 Å². The largest absolute Gasteiger partial charge is 0.377 e. The van der Waals surface area contributed by atoms with Gasteiger partial charge in [-0.25, -0.2) is 14.8 Å². The predicted octanol–water partition coefficient (Wildman–Crippen LogP) is 2.23. The van der Waals surface area contributed by atoms with Crippen LogP contribution < -0.4 is 15.5 Å². The number of fused-ring (bicyclic) bond motifs is 1. The first-order valence-electron chi connectivity index (χ1n) is 9.40. The number of rotatable bonds is 6. The number of ether oxygens (including phenoxy) is 1. The highest BCUT2D eigenvalue weighted by Crippen LogP contribution is 2.24. The van der Waals surface area contributed by atoms with Gasteiger partial charge in [0.25, 0.3) is 0 Å². The standard InChI is InChI=1S/C19H24N8O2/c1-12-9-13-17(26(11-21-13)10-19(2,3)29-4)23-16(12)22-14-5-6-15(25-24-14)27-8-7-20-18(27)28/h5-6,9,11H,7-8,10H2,1-4H3,(H,20,28)(H,22,23,24). The van der Waals surface area contributed by atoms with E-state index >= 15 is 0 Å². The number of methoxy groups -OCH3 is 1. The number of aryl methyl sites for hydroxylation is 1. The maximum atomic E-state index is 11.8. The van der Waals surface area contributed by atoms with Crippen molar-refractivity contribution in [3.05, 3.63) is 30.1 Å². The van der Waals surface area contributed by atoms with Gasteiger partial charge in [0.05, 0.1) is 18.5 Å². The van der Waals surface area contributed by atoms with Crippen molar-refractivity contribution in [3.63, 3.8) is 0 Å². The van der Waals surface area contributed by atoms with Gasteiger partial charge in [-0.2, -0.15) is 0 Å². The molecule has 1 saturated heterocycles. The molecular weight excluding hydrogens is 372 g/mol. The fourth-order valence-electron chi connectivity index (χ4n) is 3.15. The highest BCUT2D eigenvalue weighted by molar-refractivity contribution is 5.93. The van der Waals surface area contributed by atoms with Crippen LogP contribution in [0.5, 0.6) is 0 Å². The van der Waals surface area contributed by atoms with Crippen molar-refractivity contribution in [3.8, 4) is 0 Å². The normalized spacial score (nSPS) is 14.5. The van der Waals surface area contributed by atoms with Gasteiger partial charge in [0, 0.05) is 20.2 Å². The Kier molecular flexibility index (Phi) is 4.79. The number of urea groups is 1. The Morgan fingerprint density at radius 1 is 1.31 bits per heavy atom. The molecule has 0 bridgehead atoms. The summed E-state index contributed by atoms with van der Waals surface area (Å²) in [6, 6.07) is 5.37. The van der Waals surface area contributed by atoms with Gasteiger partial charge in [-0.1, -0.05) is 0 Å². The Morgan fingerprint density at radius 2 is 2.14 bits per heavy atom. The van der Waals surface area contributed by atoms with E-state index in [1.54, 1.807) is 30.5 Å². The number of pyridine rings is 1. The van der Waals surface area contributed by atoms with Crippen LogP contribution in [0.4, 0.5) is 22.2 Å². The molecule has 1 fully saturated rings. The number of aromatic nitrogens is 5. The zero-order valence-electron chi connectivity index (χ0n) is 16.9. The molecule has 152 valence electrons. The van der Waals surface area contributed by atoms with Crippen molar-refractivity contribution < 1.29 is 9.53 Å². The molecule has 10 heteroatoms. The van der Waals surface area contributed by atoms with Gasteiger partial charge in [-0.3, -0.25) is 4.90 Å². The van der Waals surface area contributed by atoms with E-state index in [2.05, 4.69) is 25.8 Å². The van der Waals surface area contributed by atoms with Gasteiger partial charge in [-0.15, -0.1) is 10.2 Å². The summed E-state index contributed by atoms with van der Waals surface area (Å²) in [5, 5.41) is 14.3. The van der Waals surface area contributed by atoms with Gasteiger partial charge in [0.2, 0.25) is 0 Å². The van der Waals surface area contributed by atoms with Gasteiger partial charge in [0.15, 0.2) is 17.3 Å². The summed E-state index contributed by atoms with van der Waals surface area (Å²) < 4.78 is 7.50. The van der Waals surface area contributed by atoms with E-state index in [4.69, 9.17) is 9.72 Å². The highest BCUT2D eigenvalue weighted by Gasteiger charge is 2.23. The first-order valence-corrected chi connectivity index (χ1v) is 9.40. The SMILES string of the molecule is COC(C)(C)Cn1cnc2cc(C)c(Nc3ccc(N4CCNC4=O)nn3)nc21. The maximum Gasteiger partial charge on any atom is 0.323 e. The third-order valence-electron chi connectivity index (χ3n) is 4.92. The van der Waals surface area contributed by atoms with Gasteiger partial charge in [0.1, 0.15) is 11.3 Å². The summed E-state index contributed by atoms with van der Waals surface area (Å²) in [5.74, 6) is 1.74. The Balaban J connectivity index is 1.59. The monoisotopic (exact) mass is 396 g/mol. The molecular formula is C19H24N8O2. The molecule has 1 aliphatic rings. The lowest BCUT2D eigenvalue weighted by molar-refractivity contribution is 0.00890. The van der Waals surface area contributed by atoms with Gasteiger partial charge >= 0.3 is 6.03 Å². The maximum absolute atomic E-state index is 11.8. The molecule has 2 N–H and O–H groups in total. The second kappa shape index (κ2) is 7.28. The summed E-state index contributed by atoms with van der Waals surface area (Å²) in [7, 11) is 1.69. The summed E-state index contributed by atoms with van der Waals surface area (Å²) in [6.07, 6.45) is 1.78. The van der Waals surface area contributed by atoms with Gasteiger partial charge < -0.3 is 19.9 Å². The molecule has 10 nitrogen and oxygen atoms in total. The Labute approximate surface area is 168 Å². The van der Waals surface area contributed by atoms with Crippen LogP contribution in [-0.4, -0.2) is 56.6 Å². The zero-order chi connectivity index (χ0) is 20.6. The number of carbonyl (C=O) groups excluding carboxylic acids is 1. The second-order valence-corrected chi connectivity index (χ2v) is 7.62. The van der Waals surface area contributed by atoms with E-state index < -0.39 is 0 Å². The lowest BCUT2D eigenvalue weighted by atomic mass is 10.1. The molecule has 3 aromatic rings. The van der Waals surface area contributed by atoms with E-state index in [0.717, 1.165) is 16.7 Å². The summed E-state index contributed by atoms with van der Waals surface area (Å²) in [5.41, 5.74) is 2.19. The van der Waals surface area contributed by atoms with E-state index in [9.17, 15) is 4.79 Å². The predicted molar refractivity (Wildman–Crippen MR) is 109 cm³/mol. The molecule has 4 rings (SSSR count). The number of hydrogen-bond acceptors (Lipinski definition) is 7. The van der Waals surface area contributed by atoms with Crippen molar-refractivity contribution in [2.75, 3.05) is 30.4 Å². The van der Waals surface area contributed by atoms with E-state index in [-0.39, 0.29) is 11.6 Å². The lowest BCUT2D eigenvalue weighted by Gasteiger charge is -2.23. The van der Waals surface area contributed by atoms with Crippen LogP contribution in [0.1, 0.15) is 19.4 Å². The molecule has 0 aliphatic carbocycles. The minimum absolute atomic E-state index is 0.157. The topological polar surface area (TPSA) is 110 Å². The van der Waals surface area contributed by atoms with E-state index in [1.165, 1.54) is 0 Å². The number of amides is 2. The van der Waals surface area contributed by atoms with Crippen molar-refractivity contribution in [2.24, 2.45) is 0 Å². The third kappa shape index (κ3) is 3.83. The molecule has 0 radical (unpaired) electrons. The molecule has 1 aliphatic heterocycles. The molecule has 4 heterocycles. The minimum Gasteiger partial charge on any atom is -0.377 e. The first kappa shape index (κ1) is 19.1. The van der Waals surface area contributed by atoms with E-state index in [1.807, 2.05) is 31.4 Å². The number of nitrogens with zero attached hydrogens (tertiary/aromatic N) is 6. The Hall–Kier alpha value is -3.27. The summed E-state index contributed by atoms with van der Waals surface area (Å²) in [6.45, 7) is 7.82. The van der Waals surface area contributed by atoms with Crippen LogP contribution in [0.3, 0.4) is 0 Å². The highest BCUT2D eigenvalue weighted by atomic mass is 16.5. The average molecular weight is 396 g/mol. The van der Waals surface area contributed by atoms with E-state index in [0.29, 0.717) is 37.1 Å². The number of carbonyl (C=O) groups is 1. The van der Waals surface area contributed by atoms with Crippen molar-refractivity contribution in [1.29, 1.82) is 0 Å². The van der Waals surface area contributed by atoms with Crippen LogP contribution in [-0.2, 0) is 11.3 Å². The molecule has 0 saturated carbocycles. The number of imidazole rings is 1. The van der Waals surface area contributed by atoms with Crippen LogP contribution in [0, 0.1) is 6.92 Å². The van der Waals surface area contributed by atoms with Crippen LogP contribution in [0.15, 0.2) is 24.5 Å². The smallest absolute Gasteiger partial charge is 0.323 e. The Morgan fingerprint density at radius 3 is 2.79 bits per heavy atom. The molecule has 0 aromatic carbocycles. The van der Waals surface area contributed by atoms with Crippen molar-refractivity contribution in [2.45, 2.75) is 32.9 Å². The van der Waals surface area contributed by atoms with Crippen molar-refractivity contribution in [1.82, 2.24) is 30.0 Å². The molecule has 0 unspecified atom stereocenters. The van der Waals surface area contributed by atoms with Crippen LogP contribution in [0.25, 0.3) is 11.2 Å². The fraction of sp³-hybridized carbons (Fsp3) is 0.421. The Bertz CT molecular complexity index is 1040. The fourth-order valence-corrected chi connectivity index (χ4v) is 3.15. The van der Waals surface area contributed by atoms with Crippen molar-refractivity contribution >= 4 is 34.6 Å². The third-order valence-corrected chi connectivity index (χ3v) is 4.92. The van der Waals surface area contributed by atoms with Crippen LogP contribution in [0.2, 0.25) is 0 Å². The molecule has 29 heavy (non-hydrogen) atoms. The average Bonchev–Trinajstić information content (AvgIpc) is 3.29. The van der Waals surface area contributed by atoms with Crippen LogP contribution >= 0.6 is 0 Å². The quantitative estimate of drug-likeness (QED) is 0.657. The number of nitrogens with one attached hydrogen (secondary N) is 2. The molecule has 0 spiro atoms. The number of hydrogen-bond donors (Lipinski definition) is 2. The minimum atomic E-state index is -0.336. The second-order valence-electron chi connectivity index (χ2n) is 7.62. The first-order chi connectivity index (χ1) is 13.9. The number of anilines is 3. The summed E-state index contributed by atoms with van der Waals surface area (Å²) in [4.78, 5) is 22.5. The zero-order valence-corrected chi connectivity index (χ0v) is 16.9. The molecule has 3 aromatic heterocycles. The summed E-state index contributed by atoms with van der Waals surface area (Å²) >= 11 is 0. The molecule has 2 amide bonds. The molecule has 0 atom stereocenters. The lowest BCUT2D eigenvalue weighted by Crippen LogP contribution is -2.28.